The molecule has 110 valence electrons. The van der Waals surface area contributed by atoms with Crippen LogP contribution in [0.4, 0.5) is 0 Å². The molecule has 0 aliphatic rings. The first kappa shape index (κ1) is 13.8. The third-order valence-corrected chi connectivity index (χ3v) is 4.42. The van der Waals surface area contributed by atoms with Crippen LogP contribution < -0.4 is 0 Å². The predicted molar refractivity (Wildman–Crippen MR) is 94.0 cm³/mol. The van der Waals surface area contributed by atoms with Gasteiger partial charge >= 0.3 is 0 Å². The summed E-state index contributed by atoms with van der Waals surface area (Å²) in [6.45, 7) is 0. The smallest absolute Gasteiger partial charge is 0.0894 e. The molecule has 4 aromatic heterocycles. The molecule has 4 rings (SSSR count). The number of rotatable bonds is 3. The molecular weight excluding hydrogens is 302 g/mol. The van der Waals surface area contributed by atoms with Crippen LogP contribution in [0.1, 0.15) is 0 Å². The molecule has 0 saturated heterocycles. The molecule has 0 aliphatic heterocycles. The van der Waals surface area contributed by atoms with Gasteiger partial charge in [0, 0.05) is 17.3 Å². The molecule has 3 nitrogen and oxygen atoms in total. The zero-order valence-corrected chi connectivity index (χ0v) is 13.1. The van der Waals surface area contributed by atoms with Crippen molar-refractivity contribution in [2.24, 2.45) is 0 Å². The fourth-order valence-electron chi connectivity index (χ4n) is 2.40. The van der Waals surface area contributed by atoms with Crippen LogP contribution in [-0.4, -0.2) is 15.0 Å². The highest BCUT2D eigenvalue weighted by Crippen LogP contribution is 2.27. The highest BCUT2D eigenvalue weighted by atomic mass is 32.1. The molecular formula is C19H13N3S. The monoisotopic (exact) mass is 315 g/mol. The van der Waals surface area contributed by atoms with Gasteiger partial charge in [-0.05, 0) is 53.4 Å². The minimum atomic E-state index is 0.853. The summed E-state index contributed by atoms with van der Waals surface area (Å²) in [6.07, 6.45) is 3.61. The van der Waals surface area contributed by atoms with E-state index in [1.165, 1.54) is 4.88 Å². The highest BCUT2D eigenvalue weighted by molar-refractivity contribution is 7.13. The molecule has 0 spiro atoms. The van der Waals surface area contributed by atoms with E-state index in [1.54, 1.807) is 17.5 Å². The van der Waals surface area contributed by atoms with Gasteiger partial charge in [0.05, 0.1) is 22.8 Å². The Kier molecular flexibility index (Phi) is 3.66. The van der Waals surface area contributed by atoms with E-state index in [4.69, 9.17) is 4.98 Å². The van der Waals surface area contributed by atoms with Crippen LogP contribution in [-0.2, 0) is 0 Å². The molecule has 4 heterocycles. The molecule has 0 atom stereocenters. The number of pyridine rings is 3. The molecule has 0 aromatic carbocycles. The second kappa shape index (κ2) is 6.10. The Morgan fingerprint density at radius 2 is 1.48 bits per heavy atom. The number of hydrogen-bond acceptors (Lipinski definition) is 4. The Labute approximate surface area is 138 Å². The molecule has 0 radical (unpaired) electrons. The maximum Gasteiger partial charge on any atom is 0.0894 e. The summed E-state index contributed by atoms with van der Waals surface area (Å²) < 4.78 is 0. The topological polar surface area (TPSA) is 38.7 Å². The van der Waals surface area contributed by atoms with E-state index in [-0.39, 0.29) is 0 Å². The van der Waals surface area contributed by atoms with Crippen molar-refractivity contribution in [2.45, 2.75) is 0 Å². The van der Waals surface area contributed by atoms with Gasteiger partial charge in [-0.3, -0.25) is 9.97 Å². The van der Waals surface area contributed by atoms with Gasteiger partial charge in [0.25, 0.3) is 0 Å². The van der Waals surface area contributed by atoms with E-state index < -0.39 is 0 Å². The molecule has 4 aromatic rings. The Hall–Kier alpha value is -2.85. The maximum atomic E-state index is 4.71. The molecule has 0 bridgehead atoms. The second-order valence-electron chi connectivity index (χ2n) is 5.03. The minimum absolute atomic E-state index is 0.853. The Morgan fingerprint density at radius 1 is 0.652 bits per heavy atom. The average molecular weight is 315 g/mol. The third-order valence-electron chi connectivity index (χ3n) is 3.50. The summed E-state index contributed by atoms with van der Waals surface area (Å²) in [4.78, 5) is 14.8. The lowest BCUT2D eigenvalue weighted by molar-refractivity contribution is 1.22. The SMILES string of the molecule is c1ccc(-c2cccc(-c3cc(-c4cccs4)ccn3)n2)nc1. The summed E-state index contributed by atoms with van der Waals surface area (Å²) >= 11 is 1.72. The van der Waals surface area contributed by atoms with Gasteiger partial charge in [0.2, 0.25) is 0 Å². The number of nitrogens with zero attached hydrogens (tertiary/aromatic N) is 3. The summed E-state index contributed by atoms with van der Waals surface area (Å²) in [5, 5.41) is 2.08. The number of thiophene rings is 1. The first-order valence-corrected chi connectivity index (χ1v) is 8.17. The number of hydrogen-bond donors (Lipinski definition) is 0. The second-order valence-corrected chi connectivity index (χ2v) is 5.98. The van der Waals surface area contributed by atoms with Crippen molar-refractivity contribution in [2.75, 3.05) is 0 Å². The Balaban J connectivity index is 1.75. The summed E-state index contributed by atoms with van der Waals surface area (Å²) in [5.74, 6) is 0. The van der Waals surface area contributed by atoms with Gasteiger partial charge in [0.1, 0.15) is 0 Å². The van der Waals surface area contributed by atoms with Crippen molar-refractivity contribution < 1.29 is 0 Å². The van der Waals surface area contributed by atoms with E-state index in [0.717, 1.165) is 28.3 Å². The predicted octanol–water partition coefficient (Wildman–Crippen LogP) is 4.93. The molecule has 23 heavy (non-hydrogen) atoms. The maximum absolute atomic E-state index is 4.71. The van der Waals surface area contributed by atoms with Crippen LogP contribution >= 0.6 is 11.3 Å². The number of aromatic nitrogens is 3. The molecule has 0 amide bonds. The third kappa shape index (κ3) is 2.89. The van der Waals surface area contributed by atoms with Crippen molar-refractivity contribution >= 4 is 11.3 Å². The fourth-order valence-corrected chi connectivity index (χ4v) is 3.12. The normalized spacial score (nSPS) is 10.6. The molecule has 0 N–H and O–H groups in total. The van der Waals surface area contributed by atoms with Gasteiger partial charge < -0.3 is 0 Å². The van der Waals surface area contributed by atoms with Gasteiger partial charge in [-0.25, -0.2) is 4.98 Å². The highest BCUT2D eigenvalue weighted by Gasteiger charge is 2.07. The van der Waals surface area contributed by atoms with Crippen molar-refractivity contribution in [1.29, 1.82) is 0 Å². The largest absolute Gasteiger partial charge is 0.255 e. The van der Waals surface area contributed by atoms with Crippen molar-refractivity contribution in [3.8, 4) is 33.2 Å². The Morgan fingerprint density at radius 3 is 2.26 bits per heavy atom. The lowest BCUT2D eigenvalue weighted by Gasteiger charge is -2.05. The van der Waals surface area contributed by atoms with E-state index >= 15 is 0 Å². The van der Waals surface area contributed by atoms with E-state index in [1.807, 2.05) is 48.7 Å². The zero-order chi connectivity index (χ0) is 15.5. The quantitative estimate of drug-likeness (QED) is 0.538. The molecule has 0 unspecified atom stereocenters. The van der Waals surface area contributed by atoms with Crippen molar-refractivity contribution in [3.63, 3.8) is 0 Å². The summed E-state index contributed by atoms with van der Waals surface area (Å²) in [7, 11) is 0. The van der Waals surface area contributed by atoms with Gasteiger partial charge in [-0.15, -0.1) is 11.3 Å². The Bertz CT molecular complexity index is 918. The van der Waals surface area contributed by atoms with Crippen molar-refractivity contribution in [1.82, 2.24) is 15.0 Å². The van der Waals surface area contributed by atoms with E-state index in [2.05, 4.69) is 33.5 Å². The molecule has 4 heteroatoms. The standard InChI is InChI=1S/C19H13N3S/c1-2-10-20-15(5-1)16-6-3-7-17(22-16)18-13-14(9-11-21-18)19-8-4-12-23-19/h1-13H. The van der Waals surface area contributed by atoms with Crippen molar-refractivity contribution in [3.05, 3.63) is 78.4 Å². The van der Waals surface area contributed by atoms with Crippen LogP contribution in [0, 0.1) is 0 Å². The summed E-state index contributed by atoms with van der Waals surface area (Å²) in [5.41, 5.74) is 4.60. The molecule has 0 aliphatic carbocycles. The van der Waals surface area contributed by atoms with Gasteiger partial charge in [-0.1, -0.05) is 18.2 Å². The molecule has 0 fully saturated rings. The van der Waals surface area contributed by atoms with Crippen LogP contribution in [0.5, 0.6) is 0 Å². The minimum Gasteiger partial charge on any atom is -0.255 e. The summed E-state index contributed by atoms with van der Waals surface area (Å²) in [6, 6.07) is 20.0. The van der Waals surface area contributed by atoms with Crippen LogP contribution in [0.15, 0.2) is 78.4 Å². The zero-order valence-electron chi connectivity index (χ0n) is 12.3. The van der Waals surface area contributed by atoms with Crippen LogP contribution in [0.3, 0.4) is 0 Å². The average Bonchev–Trinajstić information content (AvgIpc) is 3.18. The van der Waals surface area contributed by atoms with E-state index in [9.17, 15) is 0 Å². The lowest BCUT2D eigenvalue weighted by atomic mass is 10.1. The van der Waals surface area contributed by atoms with Crippen LogP contribution in [0.2, 0.25) is 0 Å². The fraction of sp³-hybridized carbons (Fsp3) is 0. The first-order valence-electron chi connectivity index (χ1n) is 7.29. The van der Waals surface area contributed by atoms with E-state index in [0.29, 0.717) is 0 Å². The van der Waals surface area contributed by atoms with Gasteiger partial charge in [-0.2, -0.15) is 0 Å². The van der Waals surface area contributed by atoms with Gasteiger partial charge in [0.15, 0.2) is 0 Å². The first-order chi connectivity index (χ1) is 11.4. The lowest BCUT2D eigenvalue weighted by Crippen LogP contribution is -1.91. The van der Waals surface area contributed by atoms with Crippen LogP contribution in [0.25, 0.3) is 33.2 Å². The molecule has 0 saturated carbocycles.